The number of carbonyl (C=O) groups is 2. The number of hydrogen-bond donors (Lipinski definition) is 2. The van der Waals surface area contributed by atoms with E-state index in [1.54, 1.807) is 36.9 Å². The summed E-state index contributed by atoms with van der Waals surface area (Å²) >= 11 is 0. The second-order valence-corrected chi connectivity index (χ2v) is 5.22. The smallest absolute Gasteiger partial charge is 0.256 e. The van der Waals surface area contributed by atoms with Crippen LogP contribution in [0.5, 0.6) is 5.75 Å². The molecule has 108 valence electrons. The maximum absolute atomic E-state index is 12.6. The SMILES string of the molecule is COc1ccc(C(=O)N2CCNC(=O)C2(C)C)c(N)c1. The Morgan fingerprint density at radius 2 is 2.15 bits per heavy atom. The first-order chi connectivity index (χ1) is 9.37. The van der Waals surface area contributed by atoms with E-state index in [0.29, 0.717) is 30.1 Å². The molecule has 1 heterocycles. The van der Waals surface area contributed by atoms with Crippen LogP contribution >= 0.6 is 0 Å². The molecule has 1 aliphatic heterocycles. The summed E-state index contributed by atoms with van der Waals surface area (Å²) in [5, 5.41) is 2.76. The Labute approximate surface area is 117 Å². The fraction of sp³-hybridized carbons (Fsp3) is 0.429. The van der Waals surface area contributed by atoms with Crippen LogP contribution in [-0.2, 0) is 4.79 Å². The lowest BCUT2D eigenvalue weighted by Crippen LogP contribution is -2.63. The molecular formula is C14H19N3O3. The van der Waals surface area contributed by atoms with Crippen LogP contribution in [0.15, 0.2) is 18.2 Å². The molecule has 0 aromatic heterocycles. The number of piperazine rings is 1. The van der Waals surface area contributed by atoms with Crippen molar-refractivity contribution in [2.24, 2.45) is 0 Å². The first-order valence-corrected chi connectivity index (χ1v) is 6.41. The molecule has 6 heteroatoms. The molecule has 0 radical (unpaired) electrons. The van der Waals surface area contributed by atoms with Gasteiger partial charge in [-0.2, -0.15) is 0 Å². The van der Waals surface area contributed by atoms with Gasteiger partial charge >= 0.3 is 0 Å². The van der Waals surface area contributed by atoms with Crippen LogP contribution in [0.25, 0.3) is 0 Å². The van der Waals surface area contributed by atoms with Crippen molar-refractivity contribution < 1.29 is 14.3 Å². The number of benzene rings is 1. The molecule has 2 amide bonds. The first kappa shape index (κ1) is 14.2. The van der Waals surface area contributed by atoms with Crippen molar-refractivity contribution in [2.45, 2.75) is 19.4 Å². The fourth-order valence-corrected chi connectivity index (χ4v) is 2.26. The summed E-state index contributed by atoms with van der Waals surface area (Å²) in [6, 6.07) is 4.91. The number of hydrogen-bond acceptors (Lipinski definition) is 4. The summed E-state index contributed by atoms with van der Waals surface area (Å²) in [6.07, 6.45) is 0. The lowest BCUT2D eigenvalue weighted by molar-refractivity contribution is -0.133. The molecule has 0 aliphatic carbocycles. The first-order valence-electron chi connectivity index (χ1n) is 6.41. The minimum Gasteiger partial charge on any atom is -0.497 e. The maximum Gasteiger partial charge on any atom is 0.256 e. The summed E-state index contributed by atoms with van der Waals surface area (Å²) in [7, 11) is 1.54. The average Bonchev–Trinajstić information content (AvgIpc) is 2.41. The molecule has 0 unspecified atom stereocenters. The van der Waals surface area contributed by atoms with Crippen LogP contribution in [0.1, 0.15) is 24.2 Å². The minimum atomic E-state index is -0.887. The monoisotopic (exact) mass is 277 g/mol. The number of anilines is 1. The van der Waals surface area contributed by atoms with Crippen molar-refractivity contribution in [3.63, 3.8) is 0 Å². The van der Waals surface area contributed by atoms with Gasteiger partial charge in [-0.05, 0) is 26.0 Å². The van der Waals surface area contributed by atoms with Crippen LogP contribution in [0.3, 0.4) is 0 Å². The van der Waals surface area contributed by atoms with E-state index in [-0.39, 0.29) is 11.8 Å². The van der Waals surface area contributed by atoms with Gasteiger partial charge in [-0.3, -0.25) is 9.59 Å². The van der Waals surface area contributed by atoms with Gasteiger partial charge in [-0.1, -0.05) is 0 Å². The Morgan fingerprint density at radius 1 is 1.45 bits per heavy atom. The average molecular weight is 277 g/mol. The van der Waals surface area contributed by atoms with Gasteiger partial charge in [0.1, 0.15) is 11.3 Å². The highest BCUT2D eigenvalue weighted by atomic mass is 16.5. The Balaban J connectivity index is 2.33. The van der Waals surface area contributed by atoms with Gasteiger partial charge in [-0.25, -0.2) is 0 Å². The van der Waals surface area contributed by atoms with Crippen molar-refractivity contribution in [3.8, 4) is 5.75 Å². The van der Waals surface area contributed by atoms with Gasteiger partial charge in [-0.15, -0.1) is 0 Å². The fourth-order valence-electron chi connectivity index (χ4n) is 2.26. The Morgan fingerprint density at radius 3 is 2.75 bits per heavy atom. The number of nitrogens with one attached hydrogen (secondary N) is 1. The molecule has 0 saturated carbocycles. The van der Waals surface area contributed by atoms with Crippen LogP contribution in [-0.4, -0.2) is 42.5 Å². The van der Waals surface area contributed by atoms with Crippen LogP contribution in [0.2, 0.25) is 0 Å². The van der Waals surface area contributed by atoms with Gasteiger partial charge in [0, 0.05) is 24.8 Å². The lowest BCUT2D eigenvalue weighted by atomic mass is 9.97. The van der Waals surface area contributed by atoms with Gasteiger partial charge in [0.15, 0.2) is 0 Å². The van der Waals surface area contributed by atoms with Gasteiger partial charge in [0.05, 0.1) is 12.7 Å². The number of nitrogens with zero attached hydrogens (tertiary/aromatic N) is 1. The van der Waals surface area contributed by atoms with E-state index in [4.69, 9.17) is 10.5 Å². The number of ether oxygens (including phenoxy) is 1. The molecule has 0 bridgehead atoms. The second kappa shape index (κ2) is 5.03. The van der Waals surface area contributed by atoms with Crippen molar-refractivity contribution in [2.75, 3.05) is 25.9 Å². The number of amides is 2. The third-order valence-electron chi connectivity index (χ3n) is 3.59. The number of nitrogens with two attached hydrogens (primary N) is 1. The summed E-state index contributed by atoms with van der Waals surface area (Å²) in [6.45, 7) is 4.35. The molecule has 0 spiro atoms. The van der Waals surface area contributed by atoms with Gasteiger partial charge in [0.2, 0.25) is 5.91 Å². The van der Waals surface area contributed by atoms with Crippen LogP contribution in [0, 0.1) is 0 Å². The molecule has 6 nitrogen and oxygen atoms in total. The van der Waals surface area contributed by atoms with E-state index in [0.717, 1.165) is 0 Å². The van der Waals surface area contributed by atoms with Crippen molar-refractivity contribution in [3.05, 3.63) is 23.8 Å². The molecule has 1 saturated heterocycles. The number of rotatable bonds is 2. The Bertz CT molecular complexity index is 555. The van der Waals surface area contributed by atoms with Crippen molar-refractivity contribution in [1.82, 2.24) is 10.2 Å². The van der Waals surface area contributed by atoms with E-state index < -0.39 is 5.54 Å². The van der Waals surface area contributed by atoms with E-state index in [9.17, 15) is 9.59 Å². The molecule has 1 aromatic rings. The quantitative estimate of drug-likeness (QED) is 0.776. The molecule has 3 N–H and O–H groups in total. The third-order valence-corrected chi connectivity index (χ3v) is 3.59. The Kier molecular flexibility index (Phi) is 3.57. The Hall–Kier alpha value is -2.24. The molecule has 20 heavy (non-hydrogen) atoms. The van der Waals surface area contributed by atoms with Crippen LogP contribution in [0.4, 0.5) is 5.69 Å². The number of nitrogen functional groups attached to an aromatic ring is 1. The highest BCUT2D eigenvalue weighted by Crippen LogP contribution is 2.25. The summed E-state index contributed by atoms with van der Waals surface area (Å²) in [5.41, 5.74) is 5.74. The summed E-state index contributed by atoms with van der Waals surface area (Å²) in [5.74, 6) is 0.184. The molecule has 1 aromatic carbocycles. The molecule has 1 fully saturated rings. The molecule has 0 atom stereocenters. The molecular weight excluding hydrogens is 258 g/mol. The standard InChI is InChI=1S/C14H19N3O3/c1-14(2)13(19)16-6-7-17(14)12(18)10-5-4-9(20-3)8-11(10)15/h4-5,8H,6-7,15H2,1-3H3,(H,16,19). The number of methoxy groups -OCH3 is 1. The highest BCUT2D eigenvalue weighted by Gasteiger charge is 2.41. The highest BCUT2D eigenvalue weighted by molar-refractivity contribution is 6.03. The van der Waals surface area contributed by atoms with Crippen LogP contribution < -0.4 is 15.8 Å². The van der Waals surface area contributed by atoms with E-state index in [2.05, 4.69) is 5.32 Å². The topological polar surface area (TPSA) is 84.7 Å². The predicted octanol–water partition coefficient (Wildman–Crippen LogP) is 0.628. The zero-order chi connectivity index (χ0) is 14.9. The maximum atomic E-state index is 12.6. The van der Waals surface area contributed by atoms with Crippen molar-refractivity contribution >= 4 is 17.5 Å². The van der Waals surface area contributed by atoms with Crippen molar-refractivity contribution in [1.29, 1.82) is 0 Å². The largest absolute Gasteiger partial charge is 0.497 e. The number of carbonyl (C=O) groups excluding carboxylic acids is 2. The zero-order valence-corrected chi connectivity index (χ0v) is 11.9. The normalized spacial score (nSPS) is 17.6. The minimum absolute atomic E-state index is 0.163. The van der Waals surface area contributed by atoms with Gasteiger partial charge in [0.25, 0.3) is 5.91 Å². The molecule has 1 aliphatic rings. The predicted molar refractivity (Wildman–Crippen MR) is 75.5 cm³/mol. The zero-order valence-electron chi connectivity index (χ0n) is 11.9. The molecule has 2 rings (SSSR count). The van der Waals surface area contributed by atoms with Gasteiger partial charge < -0.3 is 20.7 Å². The van der Waals surface area contributed by atoms with E-state index in [1.807, 2.05) is 0 Å². The van der Waals surface area contributed by atoms with E-state index >= 15 is 0 Å². The summed E-state index contributed by atoms with van der Waals surface area (Å²) in [4.78, 5) is 26.0. The lowest BCUT2D eigenvalue weighted by Gasteiger charge is -2.41. The summed E-state index contributed by atoms with van der Waals surface area (Å²) < 4.78 is 5.06. The second-order valence-electron chi connectivity index (χ2n) is 5.22. The van der Waals surface area contributed by atoms with E-state index in [1.165, 1.54) is 7.11 Å². The third kappa shape index (κ3) is 2.29.